The molecule has 1 atom stereocenters. The molecule has 0 fully saturated rings. The van der Waals surface area contributed by atoms with Crippen LogP contribution in [-0.2, 0) is 11.3 Å². The fourth-order valence-electron chi connectivity index (χ4n) is 3.91. The van der Waals surface area contributed by atoms with Gasteiger partial charge in [-0.25, -0.2) is 9.97 Å². The van der Waals surface area contributed by atoms with Crippen molar-refractivity contribution in [3.8, 4) is 0 Å². The summed E-state index contributed by atoms with van der Waals surface area (Å²) in [4.78, 5) is 48.0. The van der Waals surface area contributed by atoms with E-state index in [0.717, 1.165) is 5.56 Å². The zero-order chi connectivity index (χ0) is 22.9. The molecule has 2 amide bonds. The lowest BCUT2D eigenvalue weighted by molar-refractivity contribution is -0.116. The van der Waals surface area contributed by atoms with Gasteiger partial charge in [-0.1, -0.05) is 24.3 Å². The second-order valence-corrected chi connectivity index (χ2v) is 7.73. The van der Waals surface area contributed by atoms with Crippen molar-refractivity contribution >= 4 is 34.2 Å². The first kappa shape index (κ1) is 20.4. The monoisotopic (exact) mass is 440 g/mol. The Hall–Kier alpha value is -4.53. The molecule has 0 bridgehead atoms. The lowest BCUT2D eigenvalue weighted by Gasteiger charge is -2.35. The van der Waals surface area contributed by atoms with Crippen molar-refractivity contribution in [1.29, 1.82) is 0 Å². The highest BCUT2D eigenvalue weighted by atomic mass is 16.2. The molecule has 3 heterocycles. The van der Waals surface area contributed by atoms with Crippen LogP contribution in [-0.4, -0.2) is 33.4 Å². The predicted octanol–water partition coefficient (Wildman–Crippen LogP) is 2.31. The highest BCUT2D eigenvalue weighted by Gasteiger charge is 2.30. The number of rotatable bonds is 4. The second kappa shape index (κ2) is 8.19. The van der Waals surface area contributed by atoms with E-state index in [-0.39, 0.29) is 30.1 Å². The smallest absolute Gasteiger partial charge is 0.261 e. The number of nitrogens with one attached hydrogen (secondary N) is 2. The molecule has 2 aromatic carbocycles. The van der Waals surface area contributed by atoms with E-state index >= 15 is 0 Å². The Balaban J connectivity index is 1.30. The molecule has 1 aliphatic heterocycles. The molecule has 5 rings (SSSR count). The second-order valence-electron chi connectivity index (χ2n) is 7.73. The molecule has 0 aliphatic carbocycles. The molecule has 0 unspecified atom stereocenters. The van der Waals surface area contributed by atoms with Crippen molar-refractivity contribution in [1.82, 2.24) is 19.9 Å². The van der Waals surface area contributed by atoms with Gasteiger partial charge in [0.05, 0.1) is 22.8 Å². The van der Waals surface area contributed by atoms with Crippen LogP contribution in [0.3, 0.4) is 0 Å². The number of nitrogens with zero attached hydrogens (tertiary/aromatic N) is 4. The van der Waals surface area contributed by atoms with Gasteiger partial charge < -0.3 is 15.5 Å². The summed E-state index contributed by atoms with van der Waals surface area (Å²) in [5.74, 6) is 0.0780. The third-order valence-corrected chi connectivity index (χ3v) is 5.58. The fraction of sp³-hybridized carbons (Fsp3) is 0.125. The lowest BCUT2D eigenvalue weighted by atomic mass is 10.1. The lowest BCUT2D eigenvalue weighted by Crippen LogP contribution is -2.45. The van der Waals surface area contributed by atoms with E-state index in [1.54, 1.807) is 54.7 Å². The Kier molecular flexibility index (Phi) is 5.06. The molecule has 9 nitrogen and oxygen atoms in total. The number of carbonyl (C=O) groups is 2. The molecule has 0 spiro atoms. The maximum Gasteiger partial charge on any atom is 0.261 e. The van der Waals surface area contributed by atoms with Crippen molar-refractivity contribution < 1.29 is 9.59 Å². The Bertz CT molecular complexity index is 1430. The molecule has 4 aromatic rings. The van der Waals surface area contributed by atoms with Gasteiger partial charge in [-0.2, -0.15) is 0 Å². The number of amides is 2. The van der Waals surface area contributed by atoms with Crippen LogP contribution >= 0.6 is 0 Å². The summed E-state index contributed by atoms with van der Waals surface area (Å²) in [7, 11) is 1.86. The van der Waals surface area contributed by atoms with Crippen LogP contribution < -0.4 is 21.1 Å². The zero-order valence-electron chi connectivity index (χ0n) is 17.7. The van der Waals surface area contributed by atoms with Crippen molar-refractivity contribution in [3.05, 3.63) is 94.7 Å². The average Bonchev–Trinajstić information content (AvgIpc) is 2.84. The summed E-state index contributed by atoms with van der Waals surface area (Å²) in [6, 6.07) is 17.6. The number of benzene rings is 2. The normalized spacial score (nSPS) is 15.1. The number of aromatic nitrogens is 3. The highest BCUT2D eigenvalue weighted by molar-refractivity contribution is 6.01. The zero-order valence-corrected chi connectivity index (χ0v) is 17.7. The van der Waals surface area contributed by atoms with E-state index < -0.39 is 0 Å². The van der Waals surface area contributed by atoms with E-state index in [2.05, 4.69) is 20.6 Å². The van der Waals surface area contributed by atoms with Gasteiger partial charge in [0.2, 0.25) is 5.91 Å². The van der Waals surface area contributed by atoms with E-state index in [1.165, 1.54) is 10.9 Å². The number of anilines is 2. The molecule has 33 heavy (non-hydrogen) atoms. The van der Waals surface area contributed by atoms with E-state index in [4.69, 9.17) is 0 Å². The molecular weight excluding hydrogens is 420 g/mol. The molecule has 2 aromatic heterocycles. The minimum absolute atomic E-state index is 0.151. The third-order valence-electron chi connectivity index (χ3n) is 5.58. The molecular formula is C24H20N6O3. The van der Waals surface area contributed by atoms with Crippen LogP contribution in [0.4, 0.5) is 11.5 Å². The fourth-order valence-corrected chi connectivity index (χ4v) is 3.91. The maximum atomic E-state index is 12.6. The van der Waals surface area contributed by atoms with E-state index in [0.29, 0.717) is 28.0 Å². The summed E-state index contributed by atoms with van der Waals surface area (Å²) in [6.07, 6.45) is 2.65. The highest BCUT2D eigenvalue weighted by Crippen LogP contribution is 2.30. The van der Waals surface area contributed by atoms with Gasteiger partial charge in [0.25, 0.3) is 11.5 Å². The first-order valence-electron chi connectivity index (χ1n) is 10.3. The molecule has 2 N–H and O–H groups in total. The van der Waals surface area contributed by atoms with Gasteiger partial charge >= 0.3 is 0 Å². The van der Waals surface area contributed by atoms with Crippen LogP contribution in [0.25, 0.3) is 10.9 Å². The standard InChI is InChI=1S/C24H20N6O3/c1-29-21(28-23(32)18-6-4-12-25-22(18)29)15-8-10-16(11-9-15)27-20(31)13-30-14-26-19-7-3-2-5-17(19)24(30)33/h2-12,14,21H,13H2,1H3,(H,27,31)(H,28,32)/t21-/m0/s1. The number of para-hydroxylation sites is 1. The van der Waals surface area contributed by atoms with Crippen LogP contribution in [0, 0.1) is 0 Å². The number of hydrogen-bond acceptors (Lipinski definition) is 6. The van der Waals surface area contributed by atoms with Gasteiger partial charge in [-0.15, -0.1) is 0 Å². The van der Waals surface area contributed by atoms with Gasteiger partial charge in [-0.3, -0.25) is 19.0 Å². The number of carbonyl (C=O) groups excluding carboxylic acids is 2. The molecule has 1 aliphatic rings. The minimum atomic E-state index is -0.382. The van der Waals surface area contributed by atoms with Gasteiger partial charge in [0.15, 0.2) is 0 Å². The Morgan fingerprint density at radius 3 is 2.64 bits per heavy atom. The molecule has 164 valence electrons. The Morgan fingerprint density at radius 2 is 1.82 bits per heavy atom. The van der Waals surface area contributed by atoms with E-state index in [1.807, 2.05) is 24.1 Å². The van der Waals surface area contributed by atoms with E-state index in [9.17, 15) is 14.4 Å². The largest absolute Gasteiger partial charge is 0.335 e. The first-order valence-corrected chi connectivity index (χ1v) is 10.3. The average molecular weight is 440 g/mol. The Morgan fingerprint density at radius 1 is 1.03 bits per heavy atom. The summed E-state index contributed by atoms with van der Waals surface area (Å²) < 4.78 is 1.28. The van der Waals surface area contributed by atoms with Crippen molar-refractivity contribution in [3.63, 3.8) is 0 Å². The minimum Gasteiger partial charge on any atom is -0.335 e. The van der Waals surface area contributed by atoms with Crippen molar-refractivity contribution in [2.24, 2.45) is 0 Å². The van der Waals surface area contributed by atoms with Gasteiger partial charge in [0.1, 0.15) is 18.5 Å². The predicted molar refractivity (Wildman–Crippen MR) is 124 cm³/mol. The van der Waals surface area contributed by atoms with Crippen LogP contribution in [0.2, 0.25) is 0 Å². The molecule has 0 saturated carbocycles. The van der Waals surface area contributed by atoms with Crippen molar-refractivity contribution in [2.75, 3.05) is 17.3 Å². The third kappa shape index (κ3) is 3.80. The van der Waals surface area contributed by atoms with Gasteiger partial charge in [-0.05, 0) is 42.0 Å². The molecule has 0 saturated heterocycles. The van der Waals surface area contributed by atoms with Crippen LogP contribution in [0.5, 0.6) is 0 Å². The number of hydrogen-bond donors (Lipinski definition) is 2. The van der Waals surface area contributed by atoms with Gasteiger partial charge in [0, 0.05) is 18.9 Å². The summed E-state index contributed by atoms with van der Waals surface area (Å²) >= 11 is 0. The summed E-state index contributed by atoms with van der Waals surface area (Å²) in [6.45, 7) is -0.151. The number of fused-ring (bicyclic) bond motifs is 2. The Labute approximate surface area is 188 Å². The number of pyridine rings is 1. The SMILES string of the molecule is CN1c2ncccc2C(=O)N[C@@H]1c1ccc(NC(=O)Cn2cnc3ccccc3c2=O)cc1. The van der Waals surface area contributed by atoms with Crippen LogP contribution in [0.1, 0.15) is 22.1 Å². The quantitative estimate of drug-likeness (QED) is 0.504. The molecule has 0 radical (unpaired) electrons. The summed E-state index contributed by atoms with van der Waals surface area (Å²) in [5.41, 5.74) is 2.27. The summed E-state index contributed by atoms with van der Waals surface area (Å²) in [5, 5.41) is 6.22. The topological polar surface area (TPSA) is 109 Å². The first-order chi connectivity index (χ1) is 16.0. The maximum absolute atomic E-state index is 12.6. The van der Waals surface area contributed by atoms with Crippen molar-refractivity contribution in [2.45, 2.75) is 12.7 Å². The van der Waals surface area contributed by atoms with Crippen LogP contribution in [0.15, 0.2) is 78.0 Å². The molecule has 9 heteroatoms.